The van der Waals surface area contributed by atoms with Crippen LogP contribution in [0.25, 0.3) is 0 Å². The highest BCUT2D eigenvalue weighted by Gasteiger charge is 2.48. The van der Waals surface area contributed by atoms with E-state index >= 15 is 0 Å². The summed E-state index contributed by atoms with van der Waals surface area (Å²) in [7, 11) is 0. The molecule has 1 atom stereocenters. The van der Waals surface area contributed by atoms with Crippen molar-refractivity contribution in [2.75, 3.05) is 13.1 Å². The lowest BCUT2D eigenvalue weighted by atomic mass is 9.80. The molecule has 3 nitrogen and oxygen atoms in total. The summed E-state index contributed by atoms with van der Waals surface area (Å²) in [4.78, 5) is 11.5. The van der Waals surface area contributed by atoms with Crippen LogP contribution in [0.1, 0.15) is 25.7 Å². The fourth-order valence-electron chi connectivity index (χ4n) is 2.14. The average Bonchev–Trinajstić information content (AvgIpc) is 2.15. The molecule has 0 aromatic carbocycles. The molecule has 1 saturated heterocycles. The van der Waals surface area contributed by atoms with E-state index in [0.717, 1.165) is 25.9 Å². The maximum Gasteiger partial charge on any atom is 0.249 e. The van der Waals surface area contributed by atoms with Crippen molar-refractivity contribution in [2.24, 2.45) is 5.92 Å². The molecule has 2 fully saturated rings. The van der Waals surface area contributed by atoms with E-state index in [9.17, 15) is 13.6 Å². The molecule has 1 aliphatic carbocycles. The molecule has 5 heteroatoms. The van der Waals surface area contributed by atoms with Crippen molar-refractivity contribution >= 4 is 5.91 Å². The van der Waals surface area contributed by atoms with E-state index in [1.165, 1.54) is 0 Å². The first kappa shape index (κ1) is 10.8. The Balaban J connectivity index is 1.73. The summed E-state index contributed by atoms with van der Waals surface area (Å²) < 4.78 is 25.1. The molecule has 2 rings (SSSR count). The molecule has 2 N–H and O–H groups in total. The van der Waals surface area contributed by atoms with Gasteiger partial charge in [-0.2, -0.15) is 0 Å². The van der Waals surface area contributed by atoms with Crippen LogP contribution in [0.5, 0.6) is 0 Å². The van der Waals surface area contributed by atoms with Crippen LogP contribution in [-0.2, 0) is 4.79 Å². The highest BCUT2D eigenvalue weighted by Crippen LogP contribution is 2.42. The van der Waals surface area contributed by atoms with Gasteiger partial charge in [0.25, 0.3) is 0 Å². The van der Waals surface area contributed by atoms with E-state index < -0.39 is 11.8 Å². The summed E-state index contributed by atoms with van der Waals surface area (Å²) in [6.07, 6.45) is 1.42. The predicted molar refractivity (Wildman–Crippen MR) is 51.7 cm³/mol. The fraction of sp³-hybridized carbons (Fsp3) is 0.900. The Kier molecular flexibility index (Phi) is 2.91. The number of carbonyl (C=O) groups is 1. The molecule has 2 aliphatic rings. The minimum Gasteiger partial charge on any atom is -0.352 e. The molecular weight excluding hydrogens is 202 g/mol. The molecule has 0 aromatic heterocycles. The molecular formula is C10H16F2N2O. The number of carbonyl (C=O) groups excluding carboxylic acids is 1. The van der Waals surface area contributed by atoms with Gasteiger partial charge in [-0.05, 0) is 19.4 Å². The van der Waals surface area contributed by atoms with E-state index in [-0.39, 0.29) is 24.8 Å². The lowest BCUT2D eigenvalue weighted by Gasteiger charge is -2.35. The lowest BCUT2D eigenvalue weighted by molar-refractivity contribution is -0.150. The summed E-state index contributed by atoms with van der Waals surface area (Å²) in [5, 5.41) is 5.99. The van der Waals surface area contributed by atoms with Crippen molar-refractivity contribution in [1.82, 2.24) is 10.6 Å². The zero-order valence-electron chi connectivity index (χ0n) is 8.56. The highest BCUT2D eigenvalue weighted by atomic mass is 19.3. The van der Waals surface area contributed by atoms with E-state index in [1.807, 2.05) is 0 Å². The van der Waals surface area contributed by atoms with Gasteiger partial charge in [0.05, 0.1) is 0 Å². The summed E-state index contributed by atoms with van der Waals surface area (Å²) >= 11 is 0. The Labute approximate surface area is 87.6 Å². The number of hydrogen-bond donors (Lipinski definition) is 2. The van der Waals surface area contributed by atoms with Crippen molar-refractivity contribution < 1.29 is 13.6 Å². The van der Waals surface area contributed by atoms with Crippen LogP contribution in [0.3, 0.4) is 0 Å². The van der Waals surface area contributed by atoms with Gasteiger partial charge in [0.1, 0.15) is 0 Å². The van der Waals surface area contributed by atoms with Crippen molar-refractivity contribution in [3.63, 3.8) is 0 Å². The first-order valence-corrected chi connectivity index (χ1v) is 5.46. The normalized spacial score (nSPS) is 30.7. The Morgan fingerprint density at radius 3 is 2.67 bits per heavy atom. The zero-order valence-corrected chi connectivity index (χ0v) is 8.56. The van der Waals surface area contributed by atoms with Gasteiger partial charge >= 0.3 is 0 Å². The number of nitrogens with one attached hydrogen (secondary N) is 2. The molecule has 1 amide bonds. The number of halogens is 2. The largest absolute Gasteiger partial charge is 0.352 e. The molecule has 15 heavy (non-hydrogen) atoms. The average molecular weight is 218 g/mol. The van der Waals surface area contributed by atoms with Crippen LogP contribution >= 0.6 is 0 Å². The Bertz CT molecular complexity index is 244. The monoisotopic (exact) mass is 218 g/mol. The molecule has 1 heterocycles. The predicted octanol–water partition coefficient (Wildman–Crippen LogP) is 0.900. The summed E-state index contributed by atoms with van der Waals surface area (Å²) in [6.45, 7) is 1.74. The number of rotatable bonds is 2. The molecule has 0 spiro atoms. The highest BCUT2D eigenvalue weighted by molar-refractivity contribution is 5.80. The van der Waals surface area contributed by atoms with E-state index in [4.69, 9.17) is 0 Å². The van der Waals surface area contributed by atoms with Crippen molar-refractivity contribution in [2.45, 2.75) is 37.6 Å². The van der Waals surface area contributed by atoms with Crippen LogP contribution in [0.4, 0.5) is 8.78 Å². The minimum atomic E-state index is -2.60. The first-order valence-electron chi connectivity index (χ1n) is 5.46. The van der Waals surface area contributed by atoms with Crippen LogP contribution in [-0.4, -0.2) is 31.0 Å². The van der Waals surface area contributed by atoms with Gasteiger partial charge < -0.3 is 10.6 Å². The van der Waals surface area contributed by atoms with E-state index in [0.29, 0.717) is 0 Å². The Morgan fingerprint density at radius 2 is 2.13 bits per heavy atom. The molecule has 1 aliphatic heterocycles. The third-order valence-corrected chi connectivity index (χ3v) is 3.10. The zero-order chi connectivity index (χ0) is 10.9. The second-order valence-electron chi connectivity index (χ2n) is 4.51. The second kappa shape index (κ2) is 4.04. The van der Waals surface area contributed by atoms with Crippen LogP contribution in [0, 0.1) is 5.92 Å². The number of piperidine rings is 1. The Hall–Kier alpha value is -0.710. The standard InChI is InChI=1S/C10H16F2N2O/c11-10(12)4-7(5-10)9(15)14-8-2-1-3-13-6-8/h7-8,13H,1-6H2,(H,14,15)/t8-/m0/s1. The topological polar surface area (TPSA) is 41.1 Å². The van der Waals surface area contributed by atoms with Crippen molar-refractivity contribution in [3.05, 3.63) is 0 Å². The van der Waals surface area contributed by atoms with E-state index in [2.05, 4.69) is 10.6 Å². The smallest absolute Gasteiger partial charge is 0.249 e. The Morgan fingerprint density at radius 1 is 1.40 bits per heavy atom. The fourth-order valence-corrected chi connectivity index (χ4v) is 2.14. The molecule has 0 radical (unpaired) electrons. The van der Waals surface area contributed by atoms with Crippen LogP contribution < -0.4 is 10.6 Å². The molecule has 0 unspecified atom stereocenters. The first-order chi connectivity index (χ1) is 7.07. The third-order valence-electron chi connectivity index (χ3n) is 3.10. The maximum absolute atomic E-state index is 12.5. The molecule has 0 aromatic rings. The molecule has 86 valence electrons. The summed E-state index contributed by atoms with van der Waals surface area (Å²) in [6, 6.07) is 0.125. The number of amides is 1. The van der Waals surface area contributed by atoms with Gasteiger partial charge in [-0.3, -0.25) is 4.79 Å². The van der Waals surface area contributed by atoms with Gasteiger partial charge in [0.15, 0.2) is 0 Å². The summed E-state index contributed by atoms with van der Waals surface area (Å²) in [5.41, 5.74) is 0. The van der Waals surface area contributed by atoms with Crippen molar-refractivity contribution in [3.8, 4) is 0 Å². The van der Waals surface area contributed by atoms with E-state index in [1.54, 1.807) is 0 Å². The second-order valence-corrected chi connectivity index (χ2v) is 4.51. The molecule has 1 saturated carbocycles. The van der Waals surface area contributed by atoms with Crippen LogP contribution in [0.15, 0.2) is 0 Å². The number of alkyl halides is 2. The maximum atomic E-state index is 12.5. The third kappa shape index (κ3) is 2.65. The van der Waals surface area contributed by atoms with Gasteiger partial charge in [0, 0.05) is 31.3 Å². The summed E-state index contributed by atoms with van der Waals surface area (Å²) in [5.74, 6) is -3.27. The lowest BCUT2D eigenvalue weighted by Crippen LogP contribution is -2.51. The van der Waals surface area contributed by atoms with Gasteiger partial charge in [-0.1, -0.05) is 0 Å². The quantitative estimate of drug-likeness (QED) is 0.723. The SMILES string of the molecule is O=C(N[C@H]1CCCNC1)C1CC(F)(F)C1. The van der Waals surface area contributed by atoms with Gasteiger partial charge in [-0.15, -0.1) is 0 Å². The minimum absolute atomic E-state index is 0.125. The van der Waals surface area contributed by atoms with Crippen LogP contribution in [0.2, 0.25) is 0 Å². The van der Waals surface area contributed by atoms with Crippen molar-refractivity contribution in [1.29, 1.82) is 0 Å². The number of hydrogen-bond acceptors (Lipinski definition) is 2. The molecule has 0 bridgehead atoms. The van der Waals surface area contributed by atoms with Gasteiger partial charge in [-0.25, -0.2) is 8.78 Å². The van der Waals surface area contributed by atoms with Gasteiger partial charge in [0.2, 0.25) is 11.8 Å².